The number of methoxy groups -OCH3 is 1. The first-order valence-corrected chi connectivity index (χ1v) is 8.08. The van der Waals surface area contributed by atoms with Gasteiger partial charge in [-0.3, -0.25) is 0 Å². The summed E-state index contributed by atoms with van der Waals surface area (Å²) in [6, 6.07) is 10.4. The number of carboxylic acid groups (broad SMARTS) is 1. The van der Waals surface area contributed by atoms with Gasteiger partial charge >= 0.3 is 5.97 Å². The quantitative estimate of drug-likeness (QED) is 0.543. The van der Waals surface area contributed by atoms with Gasteiger partial charge in [-0.2, -0.15) is 9.67 Å². The molecule has 0 fully saturated rings. The molecule has 0 atom stereocenters. The van der Waals surface area contributed by atoms with Gasteiger partial charge in [0.15, 0.2) is 11.2 Å². The van der Waals surface area contributed by atoms with Gasteiger partial charge < -0.3 is 15.2 Å². The Morgan fingerprint density at radius 1 is 1.25 bits per heavy atom. The molecule has 0 saturated carbocycles. The molecule has 2 aromatic carbocycles. The van der Waals surface area contributed by atoms with E-state index in [-0.39, 0.29) is 17.3 Å². The summed E-state index contributed by atoms with van der Waals surface area (Å²) in [6.07, 6.45) is 1.48. The molecule has 2 aromatic heterocycles. The number of carboxylic acids is 1. The van der Waals surface area contributed by atoms with E-state index >= 15 is 0 Å². The number of aromatic carboxylic acids is 1. The normalized spacial score (nSPS) is 10.8. The van der Waals surface area contributed by atoms with Crippen LogP contribution in [-0.4, -0.2) is 43.1 Å². The number of fused-ring (bicyclic) bond motifs is 1. The van der Waals surface area contributed by atoms with E-state index in [9.17, 15) is 9.18 Å². The third kappa shape index (κ3) is 3.18. The number of benzene rings is 2. The van der Waals surface area contributed by atoms with Crippen molar-refractivity contribution in [2.24, 2.45) is 0 Å². The number of halogens is 1. The largest absolute Gasteiger partial charge is 0.496 e. The van der Waals surface area contributed by atoms with Gasteiger partial charge in [0.1, 0.15) is 17.1 Å². The van der Waals surface area contributed by atoms with Gasteiger partial charge in [0.25, 0.3) is 0 Å². The van der Waals surface area contributed by atoms with E-state index in [4.69, 9.17) is 9.84 Å². The molecule has 2 heterocycles. The minimum atomic E-state index is -1.09. The van der Waals surface area contributed by atoms with Crippen molar-refractivity contribution in [3.05, 3.63) is 60.0 Å². The molecule has 10 heteroatoms. The number of ether oxygens (including phenoxy) is 1. The molecule has 0 aliphatic heterocycles. The Labute approximate surface area is 157 Å². The van der Waals surface area contributed by atoms with Crippen LogP contribution in [0.4, 0.5) is 16.0 Å². The van der Waals surface area contributed by atoms with Crippen molar-refractivity contribution < 1.29 is 19.0 Å². The average molecular weight is 380 g/mol. The molecule has 0 unspecified atom stereocenters. The summed E-state index contributed by atoms with van der Waals surface area (Å²) in [4.78, 5) is 19.8. The Bertz CT molecular complexity index is 1190. The maximum absolute atomic E-state index is 13.5. The van der Waals surface area contributed by atoms with Crippen LogP contribution in [0.15, 0.2) is 48.7 Å². The molecule has 0 spiro atoms. The Morgan fingerprint density at radius 3 is 2.86 bits per heavy atom. The molecular weight excluding hydrogens is 367 g/mol. The highest BCUT2D eigenvalue weighted by Gasteiger charge is 2.13. The van der Waals surface area contributed by atoms with Crippen molar-refractivity contribution in [3.63, 3.8) is 0 Å². The molecule has 140 valence electrons. The number of anilines is 2. The zero-order chi connectivity index (χ0) is 19.7. The van der Waals surface area contributed by atoms with Gasteiger partial charge in [-0.1, -0.05) is 11.3 Å². The van der Waals surface area contributed by atoms with Crippen molar-refractivity contribution in [2.75, 3.05) is 12.4 Å². The zero-order valence-corrected chi connectivity index (χ0v) is 14.5. The molecular formula is C18H13FN6O3. The van der Waals surface area contributed by atoms with Crippen LogP contribution >= 0.6 is 0 Å². The third-order valence-electron chi connectivity index (χ3n) is 3.93. The first-order valence-electron chi connectivity index (χ1n) is 8.08. The maximum atomic E-state index is 13.5. The lowest BCUT2D eigenvalue weighted by molar-refractivity contribution is 0.0693. The monoisotopic (exact) mass is 380 g/mol. The lowest BCUT2D eigenvalue weighted by Crippen LogP contribution is -2.03. The smallest absolute Gasteiger partial charge is 0.339 e. The number of nitrogens with one attached hydrogen (secondary N) is 1. The summed E-state index contributed by atoms with van der Waals surface area (Å²) in [5.74, 6) is -1.06. The Hall–Kier alpha value is -4.08. The van der Waals surface area contributed by atoms with Crippen LogP contribution in [0.3, 0.4) is 0 Å². The van der Waals surface area contributed by atoms with Crippen LogP contribution in [0.2, 0.25) is 0 Å². The maximum Gasteiger partial charge on any atom is 0.339 e. The van der Waals surface area contributed by atoms with Crippen molar-refractivity contribution in [1.82, 2.24) is 25.0 Å². The standard InChI is InChI=1S/C18H13FN6O3/c1-28-15-8-11(5-6-13(15)17(26)27)21-18-20-9-14-16(22-18)25(24-23-14)12-4-2-3-10(19)7-12/h2-9H,1H3,(H,26,27)(H,20,21,22). The molecule has 0 radical (unpaired) electrons. The fourth-order valence-corrected chi connectivity index (χ4v) is 2.64. The van der Waals surface area contributed by atoms with Gasteiger partial charge in [0.2, 0.25) is 5.95 Å². The molecule has 2 N–H and O–H groups in total. The Balaban J connectivity index is 1.70. The topological polar surface area (TPSA) is 115 Å². The van der Waals surface area contributed by atoms with Gasteiger partial charge in [0, 0.05) is 11.8 Å². The molecule has 0 aliphatic carbocycles. The van der Waals surface area contributed by atoms with E-state index in [1.165, 1.54) is 42.3 Å². The van der Waals surface area contributed by atoms with Gasteiger partial charge in [0.05, 0.1) is 19.0 Å². The van der Waals surface area contributed by atoms with Gasteiger partial charge in [-0.15, -0.1) is 5.10 Å². The molecule has 0 aliphatic rings. The molecule has 0 bridgehead atoms. The van der Waals surface area contributed by atoms with Crippen LogP contribution < -0.4 is 10.1 Å². The molecule has 4 rings (SSSR count). The molecule has 0 amide bonds. The SMILES string of the molecule is COc1cc(Nc2ncc3nnn(-c4cccc(F)c4)c3n2)ccc1C(=O)O. The molecule has 9 nitrogen and oxygen atoms in total. The third-order valence-corrected chi connectivity index (χ3v) is 3.93. The van der Waals surface area contributed by atoms with Crippen molar-refractivity contribution in [3.8, 4) is 11.4 Å². The summed E-state index contributed by atoms with van der Waals surface area (Å²) in [5.41, 5.74) is 1.87. The highest BCUT2D eigenvalue weighted by atomic mass is 19.1. The van der Waals surface area contributed by atoms with E-state index in [0.29, 0.717) is 22.5 Å². The first-order chi connectivity index (χ1) is 13.5. The van der Waals surface area contributed by atoms with E-state index in [2.05, 4.69) is 25.6 Å². The predicted octanol–water partition coefficient (Wildman–Crippen LogP) is 2.80. The zero-order valence-electron chi connectivity index (χ0n) is 14.5. The second-order valence-electron chi connectivity index (χ2n) is 5.73. The number of hydrogen-bond acceptors (Lipinski definition) is 7. The van der Waals surface area contributed by atoms with Crippen LogP contribution in [0, 0.1) is 5.82 Å². The number of aromatic nitrogens is 5. The highest BCUT2D eigenvalue weighted by Crippen LogP contribution is 2.25. The Kier molecular flexibility index (Phi) is 4.28. The summed E-state index contributed by atoms with van der Waals surface area (Å²) >= 11 is 0. The number of nitrogens with zero attached hydrogens (tertiary/aromatic N) is 5. The van der Waals surface area contributed by atoms with E-state index in [1.807, 2.05) is 0 Å². The fraction of sp³-hybridized carbons (Fsp3) is 0.0556. The average Bonchev–Trinajstić information content (AvgIpc) is 3.11. The summed E-state index contributed by atoms with van der Waals surface area (Å²) in [6.45, 7) is 0. The Morgan fingerprint density at radius 2 is 2.11 bits per heavy atom. The van der Waals surface area contributed by atoms with Gasteiger partial charge in [-0.05, 0) is 30.3 Å². The van der Waals surface area contributed by atoms with Crippen molar-refractivity contribution in [2.45, 2.75) is 0 Å². The summed E-state index contributed by atoms with van der Waals surface area (Å²) in [5, 5.41) is 20.1. The van der Waals surface area contributed by atoms with Crippen LogP contribution in [0.5, 0.6) is 5.75 Å². The van der Waals surface area contributed by atoms with Crippen molar-refractivity contribution >= 4 is 28.8 Å². The minimum absolute atomic E-state index is 0.0396. The van der Waals surface area contributed by atoms with Crippen LogP contribution in [0.1, 0.15) is 10.4 Å². The van der Waals surface area contributed by atoms with Crippen LogP contribution in [-0.2, 0) is 0 Å². The van der Waals surface area contributed by atoms with E-state index in [1.54, 1.807) is 18.2 Å². The molecule has 4 aromatic rings. The summed E-state index contributed by atoms with van der Waals surface area (Å²) in [7, 11) is 1.39. The lowest BCUT2D eigenvalue weighted by Gasteiger charge is -2.09. The first kappa shape index (κ1) is 17.3. The fourth-order valence-electron chi connectivity index (χ4n) is 2.64. The molecule has 28 heavy (non-hydrogen) atoms. The van der Waals surface area contributed by atoms with Crippen LogP contribution in [0.25, 0.3) is 16.9 Å². The van der Waals surface area contributed by atoms with E-state index in [0.717, 1.165) is 0 Å². The lowest BCUT2D eigenvalue weighted by atomic mass is 10.2. The predicted molar refractivity (Wildman–Crippen MR) is 97.6 cm³/mol. The number of rotatable bonds is 5. The van der Waals surface area contributed by atoms with Gasteiger partial charge in [-0.25, -0.2) is 14.2 Å². The minimum Gasteiger partial charge on any atom is -0.496 e. The number of hydrogen-bond donors (Lipinski definition) is 2. The second kappa shape index (κ2) is 6.91. The summed E-state index contributed by atoms with van der Waals surface area (Å²) < 4.78 is 20.0. The second-order valence-corrected chi connectivity index (χ2v) is 5.73. The van der Waals surface area contributed by atoms with E-state index < -0.39 is 11.8 Å². The molecule has 0 saturated heterocycles. The number of carbonyl (C=O) groups is 1. The highest BCUT2D eigenvalue weighted by molar-refractivity contribution is 5.91. The van der Waals surface area contributed by atoms with Crippen molar-refractivity contribution in [1.29, 1.82) is 0 Å².